The normalized spacial score (nSPS) is 30.4. The zero-order valence-electron chi connectivity index (χ0n) is 7.03. The van der Waals surface area contributed by atoms with Gasteiger partial charge in [-0.3, -0.25) is 4.79 Å². The van der Waals surface area contributed by atoms with E-state index in [1.165, 1.54) is 0 Å². The second kappa shape index (κ2) is 3.03. The Labute approximate surface area is 71.7 Å². The third-order valence-corrected chi connectivity index (χ3v) is 2.50. The molecule has 68 valence electrons. The van der Waals surface area contributed by atoms with E-state index in [9.17, 15) is 4.79 Å². The molecule has 1 amide bonds. The molecule has 0 aromatic carbocycles. The molecular weight excluding hydrogens is 156 g/mol. The number of ether oxygens (including phenoxy) is 1. The van der Waals surface area contributed by atoms with Crippen molar-refractivity contribution >= 4 is 5.91 Å². The zero-order chi connectivity index (χ0) is 8.55. The molecule has 0 saturated carbocycles. The molecule has 2 rings (SSSR count). The lowest BCUT2D eigenvalue weighted by molar-refractivity contribution is -0.139. The molecule has 2 fully saturated rings. The van der Waals surface area contributed by atoms with Crippen molar-refractivity contribution in [1.29, 1.82) is 0 Å². The van der Waals surface area contributed by atoms with Crippen LogP contribution >= 0.6 is 0 Å². The minimum atomic E-state index is 0.109. The summed E-state index contributed by atoms with van der Waals surface area (Å²) in [7, 11) is 0. The molecule has 0 radical (unpaired) electrons. The molecular formula is C8H14N2O2. The van der Waals surface area contributed by atoms with E-state index in [-0.39, 0.29) is 17.9 Å². The Hall–Kier alpha value is -0.610. The molecule has 1 atom stereocenters. The lowest BCUT2D eigenvalue weighted by Gasteiger charge is -2.38. The first kappa shape index (κ1) is 8.01. The fourth-order valence-corrected chi connectivity index (χ4v) is 1.68. The van der Waals surface area contributed by atoms with Gasteiger partial charge in [0.1, 0.15) is 0 Å². The Balaban J connectivity index is 1.83. The molecule has 2 saturated heterocycles. The first-order valence-corrected chi connectivity index (χ1v) is 4.39. The van der Waals surface area contributed by atoms with Gasteiger partial charge in [-0.15, -0.1) is 0 Å². The average molecular weight is 170 g/mol. The molecule has 2 heterocycles. The Kier molecular flexibility index (Phi) is 2.02. The molecule has 4 nitrogen and oxygen atoms in total. The van der Waals surface area contributed by atoms with E-state index in [1.54, 1.807) is 0 Å². The molecule has 0 aromatic heterocycles. The predicted octanol–water partition coefficient (Wildman–Crippen LogP) is -0.808. The fourth-order valence-electron chi connectivity index (χ4n) is 1.68. The van der Waals surface area contributed by atoms with Crippen molar-refractivity contribution in [1.82, 2.24) is 4.90 Å². The van der Waals surface area contributed by atoms with Crippen LogP contribution in [0.15, 0.2) is 0 Å². The van der Waals surface area contributed by atoms with E-state index in [0.29, 0.717) is 6.61 Å². The Morgan fingerprint density at radius 2 is 2.25 bits per heavy atom. The second-order valence-corrected chi connectivity index (χ2v) is 3.56. The third-order valence-electron chi connectivity index (χ3n) is 2.50. The van der Waals surface area contributed by atoms with E-state index in [2.05, 4.69) is 0 Å². The van der Waals surface area contributed by atoms with Gasteiger partial charge in [0.05, 0.1) is 12.5 Å². The van der Waals surface area contributed by atoms with E-state index in [0.717, 1.165) is 26.1 Å². The lowest BCUT2D eigenvalue weighted by atomic mass is 10.0. The Morgan fingerprint density at radius 1 is 1.50 bits per heavy atom. The summed E-state index contributed by atoms with van der Waals surface area (Å²) in [4.78, 5) is 13.4. The van der Waals surface area contributed by atoms with Gasteiger partial charge in [-0.25, -0.2) is 0 Å². The number of carbonyl (C=O) groups is 1. The molecule has 0 bridgehead atoms. The van der Waals surface area contributed by atoms with Crippen LogP contribution in [0.4, 0.5) is 0 Å². The number of hydrogen-bond donors (Lipinski definition) is 1. The van der Waals surface area contributed by atoms with Gasteiger partial charge >= 0.3 is 0 Å². The molecule has 4 heteroatoms. The van der Waals surface area contributed by atoms with E-state index < -0.39 is 0 Å². The summed E-state index contributed by atoms with van der Waals surface area (Å²) in [6.07, 6.45) is 0.880. The highest BCUT2D eigenvalue weighted by atomic mass is 16.5. The highest BCUT2D eigenvalue weighted by Gasteiger charge is 2.33. The standard InChI is InChI=1S/C8H14N2O2/c9-7-3-10(4-7)8(11)6-1-2-12-5-6/h6-7H,1-5,9H2/t6-/m1/s1. The van der Waals surface area contributed by atoms with Crippen LogP contribution < -0.4 is 5.73 Å². The minimum absolute atomic E-state index is 0.109. The zero-order valence-corrected chi connectivity index (χ0v) is 7.03. The quantitative estimate of drug-likeness (QED) is 0.560. The maximum atomic E-state index is 11.6. The molecule has 0 unspecified atom stereocenters. The SMILES string of the molecule is NC1CN(C(=O)[C@@H]2CCOC2)C1. The summed E-state index contributed by atoms with van der Waals surface area (Å²) in [5, 5.41) is 0. The van der Waals surface area contributed by atoms with Gasteiger partial charge in [0.2, 0.25) is 5.91 Å². The third kappa shape index (κ3) is 1.32. The van der Waals surface area contributed by atoms with Crippen LogP contribution in [0.2, 0.25) is 0 Å². The molecule has 2 aliphatic rings. The van der Waals surface area contributed by atoms with Crippen LogP contribution in [0.3, 0.4) is 0 Å². The summed E-state index contributed by atoms with van der Waals surface area (Å²) in [6.45, 7) is 2.80. The number of hydrogen-bond acceptors (Lipinski definition) is 3. The second-order valence-electron chi connectivity index (χ2n) is 3.56. The van der Waals surface area contributed by atoms with Crippen molar-refractivity contribution in [3.63, 3.8) is 0 Å². The van der Waals surface area contributed by atoms with Gasteiger partial charge in [-0.1, -0.05) is 0 Å². The first-order valence-electron chi connectivity index (χ1n) is 4.39. The number of nitrogens with two attached hydrogens (primary N) is 1. The van der Waals surface area contributed by atoms with Gasteiger partial charge in [0, 0.05) is 25.7 Å². The fraction of sp³-hybridized carbons (Fsp3) is 0.875. The van der Waals surface area contributed by atoms with Gasteiger partial charge in [0.15, 0.2) is 0 Å². The maximum Gasteiger partial charge on any atom is 0.228 e. The summed E-state index contributed by atoms with van der Waals surface area (Å²) in [6, 6.07) is 0.205. The number of amides is 1. The van der Waals surface area contributed by atoms with Crippen molar-refractivity contribution in [3.8, 4) is 0 Å². The molecule has 2 N–H and O–H groups in total. The summed E-state index contributed by atoms with van der Waals surface area (Å²) >= 11 is 0. The van der Waals surface area contributed by atoms with Crippen molar-refractivity contribution in [2.75, 3.05) is 26.3 Å². The Bertz CT molecular complexity index is 183. The van der Waals surface area contributed by atoms with E-state index in [4.69, 9.17) is 10.5 Å². The molecule has 0 aliphatic carbocycles. The largest absolute Gasteiger partial charge is 0.381 e. The number of nitrogens with zero attached hydrogens (tertiary/aromatic N) is 1. The highest BCUT2D eigenvalue weighted by Crippen LogP contribution is 2.18. The van der Waals surface area contributed by atoms with Crippen LogP contribution in [0.5, 0.6) is 0 Å². The van der Waals surface area contributed by atoms with Crippen molar-refractivity contribution in [2.24, 2.45) is 11.7 Å². The lowest BCUT2D eigenvalue weighted by Crippen LogP contribution is -2.59. The minimum Gasteiger partial charge on any atom is -0.381 e. The monoisotopic (exact) mass is 170 g/mol. The number of likely N-dealkylation sites (tertiary alicyclic amines) is 1. The molecule has 0 aromatic rings. The summed E-state index contributed by atoms with van der Waals surface area (Å²) in [5.41, 5.74) is 5.58. The van der Waals surface area contributed by atoms with Crippen molar-refractivity contribution in [3.05, 3.63) is 0 Å². The van der Waals surface area contributed by atoms with Gasteiger partial charge in [-0.05, 0) is 6.42 Å². The van der Waals surface area contributed by atoms with Gasteiger partial charge in [-0.2, -0.15) is 0 Å². The van der Waals surface area contributed by atoms with Crippen LogP contribution in [-0.2, 0) is 9.53 Å². The van der Waals surface area contributed by atoms with Crippen molar-refractivity contribution in [2.45, 2.75) is 12.5 Å². The molecule has 12 heavy (non-hydrogen) atoms. The van der Waals surface area contributed by atoms with Gasteiger partial charge in [0.25, 0.3) is 0 Å². The predicted molar refractivity (Wildman–Crippen MR) is 43.5 cm³/mol. The first-order chi connectivity index (χ1) is 5.77. The number of rotatable bonds is 1. The van der Waals surface area contributed by atoms with Crippen LogP contribution in [0, 0.1) is 5.92 Å². The molecule has 0 spiro atoms. The summed E-state index contributed by atoms with van der Waals surface area (Å²) in [5.74, 6) is 0.340. The average Bonchev–Trinajstić information content (AvgIpc) is 2.49. The highest BCUT2D eigenvalue weighted by molar-refractivity contribution is 5.80. The molecule has 2 aliphatic heterocycles. The topological polar surface area (TPSA) is 55.6 Å². The van der Waals surface area contributed by atoms with Crippen LogP contribution in [0.25, 0.3) is 0 Å². The van der Waals surface area contributed by atoms with E-state index in [1.807, 2.05) is 4.90 Å². The number of carbonyl (C=O) groups excluding carboxylic acids is 1. The van der Waals surface area contributed by atoms with E-state index >= 15 is 0 Å². The van der Waals surface area contributed by atoms with Crippen LogP contribution in [-0.4, -0.2) is 43.2 Å². The maximum absolute atomic E-state index is 11.6. The van der Waals surface area contributed by atoms with Gasteiger partial charge < -0.3 is 15.4 Å². The van der Waals surface area contributed by atoms with Crippen LogP contribution in [0.1, 0.15) is 6.42 Å². The smallest absolute Gasteiger partial charge is 0.228 e. The Morgan fingerprint density at radius 3 is 2.75 bits per heavy atom. The summed E-state index contributed by atoms with van der Waals surface area (Å²) < 4.78 is 5.15. The van der Waals surface area contributed by atoms with Crippen molar-refractivity contribution < 1.29 is 9.53 Å².